The van der Waals surface area contributed by atoms with Gasteiger partial charge in [-0.05, 0) is 38.0 Å². The Kier molecular flexibility index (Phi) is 5.90. The highest BCUT2D eigenvalue weighted by Gasteiger charge is 2.09. The molecular weight excluding hydrogens is 304 g/mol. The highest BCUT2D eigenvalue weighted by Crippen LogP contribution is 2.20. The number of methoxy groups -OCH3 is 1. The molecule has 0 saturated carbocycles. The molecule has 2 N–H and O–H groups in total. The molecule has 0 bridgehead atoms. The van der Waals surface area contributed by atoms with Crippen molar-refractivity contribution >= 4 is 10.1 Å². The van der Waals surface area contributed by atoms with E-state index in [0.29, 0.717) is 11.1 Å². The summed E-state index contributed by atoms with van der Waals surface area (Å²) in [6.07, 6.45) is 3.43. The lowest BCUT2D eigenvalue weighted by molar-refractivity contribution is -0.639. The van der Waals surface area contributed by atoms with E-state index in [9.17, 15) is 13.0 Å². The van der Waals surface area contributed by atoms with Gasteiger partial charge in [0.15, 0.2) is 11.9 Å². The van der Waals surface area contributed by atoms with Gasteiger partial charge in [0.05, 0.1) is 12.0 Å². The first-order valence-electron chi connectivity index (χ1n) is 6.49. The fourth-order valence-corrected chi connectivity index (χ4v) is 3.06. The van der Waals surface area contributed by atoms with Crippen LogP contribution in [0.5, 0.6) is 5.75 Å². The smallest absolute Gasteiger partial charge is 0.240 e. The van der Waals surface area contributed by atoms with Crippen molar-refractivity contribution in [2.24, 2.45) is 0 Å². The number of rotatable bonds is 2. The van der Waals surface area contributed by atoms with Gasteiger partial charge in [-0.1, -0.05) is 22.4 Å². The molecule has 6 nitrogen and oxygen atoms in total. The Balaban J connectivity index is 0.000000235. The predicted octanol–water partition coefficient (Wildman–Crippen LogP) is 1.21. The SMILES string of the molecule is COc1ccc[n+](N)c1.Cc1cc(C)c(S(=O)(=O)[O-])c(C)c1. The van der Waals surface area contributed by atoms with Crippen LogP contribution < -0.4 is 15.3 Å². The van der Waals surface area contributed by atoms with Crippen LogP contribution in [0.15, 0.2) is 41.6 Å². The molecule has 1 aromatic heterocycles. The molecule has 0 saturated heterocycles. The molecule has 2 aromatic rings. The fourth-order valence-electron chi connectivity index (χ4n) is 2.15. The molecule has 2 rings (SSSR count). The Morgan fingerprint density at radius 2 is 1.73 bits per heavy atom. The molecule has 0 atom stereocenters. The summed E-state index contributed by atoms with van der Waals surface area (Å²) in [6, 6.07) is 7.04. The minimum atomic E-state index is -4.33. The van der Waals surface area contributed by atoms with Crippen LogP contribution in [0.1, 0.15) is 16.7 Å². The second-order valence-corrected chi connectivity index (χ2v) is 6.19. The molecule has 120 valence electrons. The van der Waals surface area contributed by atoms with Crippen LogP contribution in [0.3, 0.4) is 0 Å². The minimum Gasteiger partial charge on any atom is -0.744 e. The summed E-state index contributed by atoms with van der Waals surface area (Å²) in [5.41, 5.74) is 2.00. The van der Waals surface area contributed by atoms with Gasteiger partial charge in [0.1, 0.15) is 10.1 Å². The summed E-state index contributed by atoms with van der Waals surface area (Å²) in [6.45, 7) is 5.12. The number of hydrogen-bond acceptors (Lipinski definition) is 5. The first-order valence-corrected chi connectivity index (χ1v) is 7.90. The van der Waals surface area contributed by atoms with Crippen molar-refractivity contribution in [1.29, 1.82) is 0 Å². The van der Waals surface area contributed by atoms with Gasteiger partial charge in [-0.25, -0.2) is 14.3 Å². The Morgan fingerprint density at radius 1 is 1.18 bits per heavy atom. The third kappa shape index (κ3) is 5.01. The van der Waals surface area contributed by atoms with Crippen LogP contribution in [0.2, 0.25) is 0 Å². The fraction of sp³-hybridized carbons (Fsp3) is 0.267. The van der Waals surface area contributed by atoms with Crippen LogP contribution in [0, 0.1) is 20.8 Å². The minimum absolute atomic E-state index is 0.0851. The molecule has 0 aliphatic rings. The van der Waals surface area contributed by atoms with E-state index in [-0.39, 0.29) is 4.90 Å². The molecule has 22 heavy (non-hydrogen) atoms. The second kappa shape index (κ2) is 7.24. The predicted molar refractivity (Wildman–Crippen MR) is 82.0 cm³/mol. The van der Waals surface area contributed by atoms with Crippen LogP contribution in [-0.2, 0) is 10.1 Å². The van der Waals surface area contributed by atoms with E-state index in [1.807, 2.05) is 19.1 Å². The summed E-state index contributed by atoms with van der Waals surface area (Å²) in [7, 11) is -2.72. The number of nitrogens with two attached hydrogens (primary N) is 1. The molecule has 0 spiro atoms. The first-order chi connectivity index (χ1) is 10.1. The van der Waals surface area contributed by atoms with Crippen LogP contribution in [-0.4, -0.2) is 20.1 Å². The largest absolute Gasteiger partial charge is 0.744 e. The van der Waals surface area contributed by atoms with Crippen molar-refractivity contribution in [1.82, 2.24) is 0 Å². The lowest BCUT2D eigenvalue weighted by Crippen LogP contribution is -2.43. The van der Waals surface area contributed by atoms with E-state index in [4.69, 9.17) is 10.6 Å². The van der Waals surface area contributed by atoms with Crippen LogP contribution in [0.25, 0.3) is 0 Å². The lowest BCUT2D eigenvalue weighted by Gasteiger charge is -2.14. The van der Waals surface area contributed by atoms with Gasteiger partial charge in [0, 0.05) is 6.07 Å². The van der Waals surface area contributed by atoms with Gasteiger partial charge >= 0.3 is 0 Å². The number of benzene rings is 1. The standard InChI is InChI=1S/C9H12O3S.C6H9N2O/c1-6-4-7(2)9(8(3)5-6)13(10,11)12;1-9-6-3-2-4-8(7)5-6/h4-5H,1-3H3,(H,10,11,12);2-5H,7H2,1H3/q;+1/p-1. The molecule has 7 heteroatoms. The van der Waals surface area contributed by atoms with E-state index < -0.39 is 10.1 Å². The molecule has 0 fully saturated rings. The zero-order chi connectivity index (χ0) is 16.9. The van der Waals surface area contributed by atoms with Crippen molar-refractivity contribution in [2.45, 2.75) is 25.7 Å². The van der Waals surface area contributed by atoms with Gasteiger partial charge in [-0.3, -0.25) is 0 Å². The van der Waals surface area contributed by atoms with Gasteiger partial charge in [0.25, 0.3) is 0 Å². The Labute approximate surface area is 130 Å². The number of aromatic nitrogens is 1. The average Bonchev–Trinajstić information content (AvgIpc) is 2.36. The normalized spacial score (nSPS) is 10.6. The first kappa shape index (κ1) is 17.9. The number of hydrogen-bond donors (Lipinski definition) is 1. The Bertz CT molecular complexity index is 735. The molecule has 1 aromatic carbocycles. The maximum atomic E-state index is 10.8. The van der Waals surface area contributed by atoms with E-state index >= 15 is 0 Å². The van der Waals surface area contributed by atoms with Crippen LogP contribution >= 0.6 is 0 Å². The van der Waals surface area contributed by atoms with Gasteiger partial charge in [0.2, 0.25) is 6.20 Å². The summed E-state index contributed by atoms with van der Waals surface area (Å²) in [5, 5.41) is 0. The van der Waals surface area contributed by atoms with E-state index in [0.717, 1.165) is 11.3 Å². The van der Waals surface area contributed by atoms with Crippen molar-refractivity contribution < 1.29 is 22.4 Å². The monoisotopic (exact) mass is 324 g/mol. The van der Waals surface area contributed by atoms with Crippen molar-refractivity contribution in [3.8, 4) is 5.75 Å². The maximum Gasteiger partial charge on any atom is 0.240 e. The topological polar surface area (TPSA) is 96.3 Å². The van der Waals surface area contributed by atoms with Gasteiger partial charge < -0.3 is 9.29 Å². The number of nitrogens with zero attached hydrogens (tertiary/aromatic N) is 1. The second-order valence-electron chi connectivity index (χ2n) is 4.87. The van der Waals surface area contributed by atoms with E-state index in [1.54, 1.807) is 45.5 Å². The summed E-state index contributed by atoms with van der Waals surface area (Å²) in [5.74, 6) is 6.13. The number of pyridine rings is 1. The van der Waals surface area contributed by atoms with E-state index in [1.165, 1.54) is 4.68 Å². The molecule has 0 aliphatic heterocycles. The summed E-state index contributed by atoms with van der Waals surface area (Å²) in [4.78, 5) is -0.0851. The quantitative estimate of drug-likeness (QED) is 0.509. The maximum absolute atomic E-state index is 10.8. The van der Waals surface area contributed by atoms with Crippen LogP contribution in [0.4, 0.5) is 0 Å². The number of ether oxygens (including phenoxy) is 1. The summed E-state index contributed by atoms with van der Waals surface area (Å²) >= 11 is 0. The highest BCUT2D eigenvalue weighted by molar-refractivity contribution is 7.85. The third-order valence-corrected chi connectivity index (χ3v) is 4.03. The lowest BCUT2D eigenvalue weighted by atomic mass is 10.1. The van der Waals surface area contributed by atoms with Crippen molar-refractivity contribution in [3.63, 3.8) is 0 Å². The molecule has 0 aliphatic carbocycles. The van der Waals surface area contributed by atoms with Crippen molar-refractivity contribution in [3.05, 3.63) is 53.3 Å². The Hall–Kier alpha value is -2.12. The zero-order valence-electron chi connectivity index (χ0n) is 13.0. The van der Waals surface area contributed by atoms with E-state index in [2.05, 4.69) is 0 Å². The van der Waals surface area contributed by atoms with Gasteiger partial charge in [-0.2, -0.15) is 0 Å². The molecule has 0 unspecified atom stereocenters. The number of nitrogen functional groups attached to an aromatic ring is 1. The number of aryl methyl sites for hydroxylation is 3. The average molecular weight is 324 g/mol. The molecule has 0 radical (unpaired) electrons. The van der Waals surface area contributed by atoms with Gasteiger partial charge in [-0.15, -0.1) is 0 Å². The molecule has 0 amide bonds. The molecular formula is C15H20N2O4S. The van der Waals surface area contributed by atoms with Crippen molar-refractivity contribution in [2.75, 3.05) is 13.0 Å². The summed E-state index contributed by atoms with van der Waals surface area (Å²) < 4.78 is 38.8. The zero-order valence-corrected chi connectivity index (χ0v) is 13.8. The third-order valence-electron chi connectivity index (χ3n) is 2.89. The molecule has 1 heterocycles. The highest BCUT2D eigenvalue weighted by atomic mass is 32.2. The Morgan fingerprint density at radius 3 is 2.09 bits per heavy atom.